The summed E-state index contributed by atoms with van der Waals surface area (Å²) in [4.78, 5) is 24.5. The molecule has 0 bridgehead atoms. The summed E-state index contributed by atoms with van der Waals surface area (Å²) in [6.45, 7) is 4.87. The van der Waals surface area contributed by atoms with Gasteiger partial charge in [0.15, 0.2) is 0 Å². The summed E-state index contributed by atoms with van der Waals surface area (Å²) in [6, 6.07) is -0.829. The van der Waals surface area contributed by atoms with Gasteiger partial charge in [0.1, 0.15) is 0 Å². The van der Waals surface area contributed by atoms with Crippen LogP contribution in [0.3, 0.4) is 0 Å². The molecule has 1 atom stereocenters. The van der Waals surface area contributed by atoms with E-state index in [2.05, 4.69) is 16.1 Å². The van der Waals surface area contributed by atoms with Crippen molar-refractivity contribution in [3.05, 3.63) is 12.7 Å². The Morgan fingerprint density at radius 2 is 1.71 bits per heavy atom. The van der Waals surface area contributed by atoms with Crippen LogP contribution in [0, 0.1) is 0 Å². The predicted molar refractivity (Wildman–Crippen MR) is 84.7 cm³/mol. The van der Waals surface area contributed by atoms with Crippen molar-refractivity contribution in [3.63, 3.8) is 0 Å². The molecule has 0 rings (SSSR count). The molecule has 0 saturated heterocycles. The van der Waals surface area contributed by atoms with Gasteiger partial charge in [-0.3, -0.25) is 9.35 Å². The molecule has 1 amide bonds. The summed E-state index contributed by atoms with van der Waals surface area (Å²) in [7, 11) is -5.95. The number of amides is 1. The van der Waals surface area contributed by atoms with Crippen LogP contribution >= 0.6 is 0 Å². The second kappa shape index (κ2) is 9.13. The first-order chi connectivity index (χ1) is 12.5. The lowest BCUT2D eigenvalue weighted by molar-refractivity contribution is -0.351. The Kier molecular flexibility index (Phi) is 8.55. The van der Waals surface area contributed by atoms with E-state index in [-0.39, 0.29) is 12.6 Å². The number of alkyl halides is 5. The molecule has 0 aliphatic rings. The number of carbonyl (C=O) groups is 2. The molecule has 164 valence electrons. The molecule has 8 nitrogen and oxygen atoms in total. The minimum Gasteiger partial charge on any atom is -0.412 e. The summed E-state index contributed by atoms with van der Waals surface area (Å²) in [6.07, 6.45) is -7.38. The van der Waals surface area contributed by atoms with Gasteiger partial charge in [-0.05, 0) is 20.8 Å². The number of hydrogen-bond acceptors (Lipinski definition) is 6. The molecule has 0 saturated carbocycles. The number of likely N-dealkylation sites (N-methyl/N-ethyl adjacent to an activating group) is 1. The first-order valence-corrected chi connectivity index (χ1v) is 9.12. The summed E-state index contributed by atoms with van der Waals surface area (Å²) in [5.74, 6) is -7.98. The van der Waals surface area contributed by atoms with Crippen LogP contribution in [0.15, 0.2) is 12.7 Å². The molecular weight excluding hydrogens is 421 g/mol. The van der Waals surface area contributed by atoms with E-state index in [9.17, 15) is 40.0 Å². The maximum atomic E-state index is 13.7. The highest BCUT2D eigenvalue weighted by molar-refractivity contribution is 7.86. The predicted octanol–water partition coefficient (Wildman–Crippen LogP) is 2.12. The molecule has 1 unspecified atom stereocenters. The minimum atomic E-state index is -5.95. The van der Waals surface area contributed by atoms with Crippen molar-refractivity contribution in [2.75, 3.05) is 13.2 Å². The fourth-order valence-electron chi connectivity index (χ4n) is 1.95. The molecule has 0 radical (unpaired) electrons. The summed E-state index contributed by atoms with van der Waals surface area (Å²) in [5.41, 5.74) is 0. The molecule has 0 aliphatic carbocycles. The van der Waals surface area contributed by atoms with Crippen LogP contribution in [0.2, 0.25) is 0 Å². The van der Waals surface area contributed by atoms with E-state index in [1.807, 2.05) is 0 Å². The van der Waals surface area contributed by atoms with Gasteiger partial charge in [0.05, 0.1) is 13.0 Å². The Morgan fingerprint density at radius 3 is 2.04 bits per heavy atom. The van der Waals surface area contributed by atoms with Gasteiger partial charge < -0.3 is 14.4 Å². The summed E-state index contributed by atoms with van der Waals surface area (Å²) >= 11 is 0. The topological polar surface area (TPSA) is 110 Å². The lowest BCUT2D eigenvalue weighted by Crippen LogP contribution is -2.63. The van der Waals surface area contributed by atoms with Crippen LogP contribution in [-0.2, 0) is 29.2 Å². The van der Waals surface area contributed by atoms with Gasteiger partial charge in [-0.2, -0.15) is 30.4 Å². The van der Waals surface area contributed by atoms with E-state index < -0.39 is 58.3 Å². The molecule has 0 aromatic heterocycles. The first-order valence-electron chi connectivity index (χ1n) is 7.68. The van der Waals surface area contributed by atoms with E-state index in [1.54, 1.807) is 0 Å². The van der Waals surface area contributed by atoms with Gasteiger partial charge >= 0.3 is 39.2 Å². The number of halogens is 5. The van der Waals surface area contributed by atoms with Gasteiger partial charge in [0.2, 0.25) is 0 Å². The molecular formula is C14H20F5NO7S. The van der Waals surface area contributed by atoms with Crippen molar-refractivity contribution in [1.29, 1.82) is 0 Å². The lowest BCUT2D eigenvalue weighted by atomic mass is 10.1. The van der Waals surface area contributed by atoms with Crippen LogP contribution in [0.5, 0.6) is 0 Å². The third-order valence-electron chi connectivity index (χ3n) is 3.37. The largest absolute Gasteiger partial charge is 0.466 e. The Morgan fingerprint density at radius 1 is 1.21 bits per heavy atom. The van der Waals surface area contributed by atoms with Gasteiger partial charge in [0, 0.05) is 18.7 Å². The third kappa shape index (κ3) is 5.85. The highest BCUT2D eigenvalue weighted by Crippen LogP contribution is 2.38. The van der Waals surface area contributed by atoms with Crippen LogP contribution in [0.4, 0.5) is 22.0 Å². The smallest absolute Gasteiger partial charge is 0.412 e. The fraction of sp³-hybridized carbons (Fsp3) is 0.714. The van der Waals surface area contributed by atoms with Crippen LogP contribution in [0.1, 0.15) is 27.2 Å². The standard InChI is InChI=1S/C14H20F5NO7S/c1-5-10(21)27-13(14(17,18)19,11(22)20(6-2)9(3)4)26-8-7-12(15,16)28(23,24)25/h5,9H,1,6-8H2,2-4H3,(H,23,24,25). The number of rotatable bonds is 10. The summed E-state index contributed by atoms with van der Waals surface area (Å²) < 4.78 is 105. The zero-order chi connectivity index (χ0) is 22.6. The van der Waals surface area contributed by atoms with Crippen molar-refractivity contribution in [1.82, 2.24) is 4.90 Å². The highest BCUT2D eigenvalue weighted by atomic mass is 32.2. The molecule has 0 heterocycles. The molecule has 0 spiro atoms. The van der Waals surface area contributed by atoms with Crippen molar-refractivity contribution < 1.29 is 54.0 Å². The minimum absolute atomic E-state index is 0.287. The molecule has 14 heteroatoms. The molecule has 0 aliphatic heterocycles. The SMILES string of the molecule is C=CC(=O)OC(OCCC(F)(F)S(=O)(=O)O)(C(=O)N(CC)C(C)C)C(F)(F)F. The second-order valence-corrected chi connectivity index (χ2v) is 7.18. The number of ether oxygens (including phenoxy) is 2. The van der Waals surface area contributed by atoms with Gasteiger partial charge in [-0.15, -0.1) is 0 Å². The Balaban J connectivity index is 6.11. The van der Waals surface area contributed by atoms with Gasteiger partial charge in [0.25, 0.3) is 0 Å². The van der Waals surface area contributed by atoms with Gasteiger partial charge in [-0.25, -0.2) is 4.79 Å². The maximum absolute atomic E-state index is 13.7. The Hall–Kier alpha value is -1.80. The zero-order valence-electron chi connectivity index (χ0n) is 15.1. The molecule has 0 aromatic carbocycles. The fourth-order valence-corrected chi connectivity index (χ4v) is 2.30. The molecule has 0 fully saturated rings. The Bertz CT molecular complexity index is 693. The normalized spacial score (nSPS) is 15.1. The zero-order valence-corrected chi connectivity index (χ0v) is 15.9. The Labute approximate surface area is 158 Å². The quantitative estimate of drug-likeness (QED) is 0.182. The van der Waals surface area contributed by atoms with E-state index >= 15 is 0 Å². The van der Waals surface area contributed by atoms with Gasteiger partial charge in [-0.1, -0.05) is 6.58 Å². The lowest BCUT2D eigenvalue weighted by Gasteiger charge is -2.38. The molecule has 0 aromatic rings. The van der Waals surface area contributed by atoms with E-state index in [0.29, 0.717) is 4.90 Å². The van der Waals surface area contributed by atoms with Crippen molar-refractivity contribution in [3.8, 4) is 0 Å². The second-order valence-electron chi connectivity index (χ2n) is 5.64. The van der Waals surface area contributed by atoms with Crippen LogP contribution in [0.25, 0.3) is 0 Å². The monoisotopic (exact) mass is 441 g/mol. The first kappa shape index (κ1) is 26.2. The average molecular weight is 441 g/mol. The maximum Gasteiger partial charge on any atom is 0.466 e. The van der Waals surface area contributed by atoms with E-state index in [4.69, 9.17) is 4.55 Å². The van der Waals surface area contributed by atoms with Crippen LogP contribution < -0.4 is 0 Å². The van der Waals surface area contributed by atoms with Crippen molar-refractivity contribution in [2.24, 2.45) is 0 Å². The third-order valence-corrected chi connectivity index (χ3v) is 4.33. The number of esters is 1. The molecule has 28 heavy (non-hydrogen) atoms. The van der Waals surface area contributed by atoms with E-state index in [1.165, 1.54) is 20.8 Å². The average Bonchev–Trinajstić information content (AvgIpc) is 2.51. The number of carbonyl (C=O) groups excluding carboxylic acids is 2. The number of hydrogen-bond donors (Lipinski definition) is 1. The van der Waals surface area contributed by atoms with Crippen molar-refractivity contribution in [2.45, 2.75) is 50.5 Å². The van der Waals surface area contributed by atoms with Crippen molar-refractivity contribution >= 4 is 22.0 Å². The summed E-state index contributed by atoms with van der Waals surface area (Å²) in [5, 5.41) is -4.86. The highest BCUT2D eigenvalue weighted by Gasteiger charge is 2.67. The van der Waals surface area contributed by atoms with E-state index in [0.717, 1.165) is 0 Å². The number of nitrogens with zero attached hydrogens (tertiary/aromatic N) is 1. The van der Waals surface area contributed by atoms with Crippen LogP contribution in [-0.4, -0.2) is 66.2 Å². The molecule has 1 N–H and O–H groups in total.